The number of hydrogen-bond acceptors (Lipinski definition) is 4. The molecule has 0 aliphatic heterocycles. The van der Waals surface area contributed by atoms with E-state index in [2.05, 4.69) is 39.2 Å². The van der Waals surface area contributed by atoms with Crippen molar-refractivity contribution in [2.75, 3.05) is 20.3 Å². The van der Waals surface area contributed by atoms with E-state index in [1.807, 2.05) is 20.8 Å². The molecule has 1 amide bonds. The number of hydrogen-bond donors (Lipinski definition) is 1. The maximum absolute atomic E-state index is 11.8. The fourth-order valence-corrected chi connectivity index (χ4v) is 2.38. The first-order valence-electron chi connectivity index (χ1n) is 7.41. The summed E-state index contributed by atoms with van der Waals surface area (Å²) < 4.78 is 16.5. The second-order valence-corrected chi connectivity index (χ2v) is 12.7. The Hall–Kier alpha value is -0.593. The van der Waals surface area contributed by atoms with Crippen LogP contribution in [0.5, 0.6) is 0 Å². The monoisotopic (exact) mass is 319 g/mol. The van der Waals surface area contributed by atoms with Crippen molar-refractivity contribution in [2.45, 2.75) is 71.3 Å². The lowest BCUT2D eigenvalue weighted by molar-refractivity contribution is 0.0433. The summed E-state index contributed by atoms with van der Waals surface area (Å²) in [5.74, 6) is 0. The Labute approximate surface area is 130 Å². The molecule has 0 aliphatic rings. The van der Waals surface area contributed by atoms with Crippen LogP contribution in [-0.2, 0) is 13.9 Å². The molecule has 0 aromatic rings. The van der Waals surface area contributed by atoms with Crippen molar-refractivity contribution in [3.63, 3.8) is 0 Å². The molecule has 0 saturated heterocycles. The zero-order valence-corrected chi connectivity index (χ0v) is 16.1. The van der Waals surface area contributed by atoms with Crippen LogP contribution in [0.1, 0.15) is 41.5 Å². The number of alkyl carbamates (subject to hydrolysis) is 1. The van der Waals surface area contributed by atoms with E-state index in [0.29, 0.717) is 13.2 Å². The molecule has 0 fully saturated rings. The maximum atomic E-state index is 11.8. The van der Waals surface area contributed by atoms with Gasteiger partial charge in [-0.15, -0.1) is 0 Å². The second-order valence-electron chi connectivity index (χ2n) is 7.87. The summed E-state index contributed by atoms with van der Waals surface area (Å²) >= 11 is 0. The summed E-state index contributed by atoms with van der Waals surface area (Å²) in [4.78, 5) is 11.8. The van der Waals surface area contributed by atoms with E-state index in [1.165, 1.54) is 0 Å². The Morgan fingerprint density at radius 2 is 1.62 bits per heavy atom. The molecule has 0 radical (unpaired) electrons. The topological polar surface area (TPSA) is 56.8 Å². The average Bonchev–Trinajstić information content (AvgIpc) is 2.22. The third-order valence-corrected chi connectivity index (χ3v) is 8.04. The highest BCUT2D eigenvalue weighted by atomic mass is 28.4. The molecule has 0 heterocycles. The van der Waals surface area contributed by atoms with Gasteiger partial charge in [-0.3, -0.25) is 0 Å². The van der Waals surface area contributed by atoms with Crippen molar-refractivity contribution < 1.29 is 18.7 Å². The van der Waals surface area contributed by atoms with Crippen molar-refractivity contribution in [3.05, 3.63) is 0 Å². The molecule has 5 nitrogen and oxygen atoms in total. The van der Waals surface area contributed by atoms with E-state index in [4.69, 9.17) is 13.9 Å². The zero-order valence-electron chi connectivity index (χ0n) is 15.1. The third-order valence-electron chi connectivity index (χ3n) is 3.54. The summed E-state index contributed by atoms with van der Waals surface area (Å²) in [6.07, 6.45) is -0.441. The predicted molar refractivity (Wildman–Crippen MR) is 88.2 cm³/mol. The number of methoxy groups -OCH3 is 1. The highest BCUT2D eigenvalue weighted by Crippen LogP contribution is 2.36. The lowest BCUT2D eigenvalue weighted by atomic mass is 10.2. The van der Waals surface area contributed by atoms with Gasteiger partial charge in [0.15, 0.2) is 8.32 Å². The molecule has 126 valence electrons. The first kappa shape index (κ1) is 20.4. The van der Waals surface area contributed by atoms with E-state index in [9.17, 15) is 4.79 Å². The Morgan fingerprint density at radius 3 is 2.00 bits per heavy atom. The summed E-state index contributed by atoms with van der Waals surface area (Å²) in [6, 6.07) is -0.209. The van der Waals surface area contributed by atoms with Gasteiger partial charge in [0.25, 0.3) is 0 Å². The van der Waals surface area contributed by atoms with Crippen molar-refractivity contribution in [3.8, 4) is 0 Å². The molecule has 0 aromatic heterocycles. The Kier molecular flexibility index (Phi) is 7.39. The summed E-state index contributed by atoms with van der Waals surface area (Å²) in [5.41, 5.74) is -0.512. The van der Waals surface area contributed by atoms with Crippen LogP contribution in [-0.4, -0.2) is 46.4 Å². The summed E-state index contributed by atoms with van der Waals surface area (Å²) in [7, 11) is -0.235. The highest BCUT2D eigenvalue weighted by molar-refractivity contribution is 6.74. The fraction of sp³-hybridized carbons (Fsp3) is 0.933. The van der Waals surface area contributed by atoms with Crippen LogP contribution < -0.4 is 5.32 Å². The summed E-state index contributed by atoms with van der Waals surface area (Å²) in [5, 5.41) is 2.95. The van der Waals surface area contributed by atoms with Crippen LogP contribution in [0.3, 0.4) is 0 Å². The Bertz CT molecular complexity index is 332. The molecule has 0 aromatic carbocycles. The van der Waals surface area contributed by atoms with Crippen LogP contribution in [0.4, 0.5) is 4.79 Å². The molecule has 0 bridgehead atoms. The molecule has 0 rings (SSSR count). The molecular formula is C15H33NO4Si. The smallest absolute Gasteiger partial charge is 0.408 e. The largest absolute Gasteiger partial charge is 0.444 e. The normalized spacial score (nSPS) is 14.7. The molecule has 0 unspecified atom stereocenters. The SMILES string of the molecule is COC[C@@H](CO[Si](C)(C)C(C)(C)C)NC(=O)OC(C)(C)C. The minimum atomic E-state index is -1.84. The molecule has 6 heteroatoms. The van der Waals surface area contributed by atoms with E-state index in [1.54, 1.807) is 7.11 Å². The van der Waals surface area contributed by atoms with Crippen LogP contribution in [0.15, 0.2) is 0 Å². The van der Waals surface area contributed by atoms with Gasteiger partial charge in [-0.1, -0.05) is 20.8 Å². The van der Waals surface area contributed by atoms with Crippen molar-refractivity contribution in [1.82, 2.24) is 5.32 Å². The minimum absolute atomic E-state index is 0.135. The molecule has 1 atom stereocenters. The van der Waals surface area contributed by atoms with Crippen LogP contribution >= 0.6 is 0 Å². The first-order valence-corrected chi connectivity index (χ1v) is 10.3. The maximum Gasteiger partial charge on any atom is 0.408 e. The van der Waals surface area contributed by atoms with Gasteiger partial charge < -0.3 is 19.2 Å². The van der Waals surface area contributed by atoms with Gasteiger partial charge in [0.05, 0.1) is 19.3 Å². The van der Waals surface area contributed by atoms with Gasteiger partial charge in [-0.25, -0.2) is 4.79 Å². The molecule has 0 spiro atoms. The number of rotatable bonds is 6. The molecule has 0 saturated carbocycles. The van der Waals surface area contributed by atoms with Gasteiger partial charge in [0.1, 0.15) is 5.60 Å². The molecule has 0 aliphatic carbocycles. The highest BCUT2D eigenvalue weighted by Gasteiger charge is 2.37. The van der Waals surface area contributed by atoms with Gasteiger partial charge in [-0.05, 0) is 38.9 Å². The second kappa shape index (κ2) is 7.60. The quantitative estimate of drug-likeness (QED) is 0.761. The number of amides is 1. The van der Waals surface area contributed by atoms with Gasteiger partial charge in [0, 0.05) is 7.11 Å². The standard InChI is InChI=1S/C15H33NO4Si/c1-14(2,3)20-13(17)16-12(10-18-7)11-19-21(8,9)15(4,5)6/h12H,10-11H2,1-9H3,(H,16,17)/t12-/m0/s1. The lowest BCUT2D eigenvalue weighted by Crippen LogP contribution is -2.48. The minimum Gasteiger partial charge on any atom is -0.444 e. The lowest BCUT2D eigenvalue weighted by Gasteiger charge is -2.37. The number of nitrogens with one attached hydrogen (secondary N) is 1. The van der Waals surface area contributed by atoms with Crippen LogP contribution in [0, 0.1) is 0 Å². The average molecular weight is 320 g/mol. The Balaban J connectivity index is 4.54. The first-order chi connectivity index (χ1) is 9.28. The predicted octanol–water partition coefficient (Wildman–Crippen LogP) is 3.55. The van der Waals surface area contributed by atoms with Crippen LogP contribution in [0.2, 0.25) is 18.1 Å². The fourth-order valence-electron chi connectivity index (χ4n) is 1.33. The van der Waals surface area contributed by atoms with Crippen molar-refractivity contribution in [2.24, 2.45) is 0 Å². The molecule has 1 N–H and O–H groups in total. The van der Waals surface area contributed by atoms with Crippen molar-refractivity contribution in [1.29, 1.82) is 0 Å². The number of ether oxygens (including phenoxy) is 2. The van der Waals surface area contributed by atoms with E-state index >= 15 is 0 Å². The van der Waals surface area contributed by atoms with Crippen molar-refractivity contribution >= 4 is 14.4 Å². The number of carbonyl (C=O) groups is 1. The van der Waals surface area contributed by atoms with Gasteiger partial charge >= 0.3 is 6.09 Å². The number of carbonyl (C=O) groups excluding carboxylic acids is 1. The summed E-state index contributed by atoms with van der Waals surface area (Å²) in [6.45, 7) is 17.3. The van der Waals surface area contributed by atoms with E-state index < -0.39 is 20.0 Å². The van der Waals surface area contributed by atoms with Gasteiger partial charge in [0.2, 0.25) is 0 Å². The Morgan fingerprint density at radius 1 is 1.10 bits per heavy atom. The van der Waals surface area contributed by atoms with Crippen LogP contribution in [0.25, 0.3) is 0 Å². The van der Waals surface area contributed by atoms with E-state index in [-0.39, 0.29) is 11.1 Å². The van der Waals surface area contributed by atoms with Gasteiger partial charge in [-0.2, -0.15) is 0 Å². The van der Waals surface area contributed by atoms with E-state index in [0.717, 1.165) is 0 Å². The zero-order chi connectivity index (χ0) is 16.9. The third kappa shape index (κ3) is 8.43. The molecule has 21 heavy (non-hydrogen) atoms. The molecular weight excluding hydrogens is 286 g/mol.